The molecule has 0 fully saturated rings. The van der Waals surface area contributed by atoms with Gasteiger partial charge in [-0.3, -0.25) is 4.98 Å². The quantitative estimate of drug-likeness (QED) is 0.289. The molecule has 0 N–H and O–H groups in total. The van der Waals surface area contributed by atoms with Crippen LogP contribution in [0, 0.1) is 11.5 Å². The van der Waals surface area contributed by atoms with Crippen molar-refractivity contribution in [1.29, 1.82) is 0 Å². The molecule has 30 heavy (non-hydrogen) atoms. The van der Waals surface area contributed by atoms with Crippen LogP contribution in [0.25, 0.3) is 22.4 Å². The molecule has 1 atom stereocenters. The van der Waals surface area contributed by atoms with Crippen LogP contribution in [0.5, 0.6) is 0 Å². The Hall–Kier alpha value is -1.64. The molecule has 1 aromatic heterocycles. The van der Waals surface area contributed by atoms with Crippen molar-refractivity contribution in [2.75, 3.05) is 11.9 Å². The monoisotopic (exact) mass is 591 g/mol. The van der Waals surface area contributed by atoms with Gasteiger partial charge in [-0.05, 0) is 67.5 Å². The van der Waals surface area contributed by atoms with E-state index in [-0.39, 0.29) is 49.3 Å². The van der Waals surface area contributed by atoms with Crippen molar-refractivity contribution < 1.29 is 36.6 Å². The van der Waals surface area contributed by atoms with E-state index in [2.05, 4.69) is 6.07 Å². The first-order valence-electron chi connectivity index (χ1n) is 15.7. The summed E-state index contributed by atoms with van der Waals surface area (Å²) in [7, 11) is 1.75. The summed E-state index contributed by atoms with van der Waals surface area (Å²) in [6, 6.07) is 5.23. The minimum Gasteiger partial charge on any atom is -0.393 e. The SMILES string of the molecule is [2H]c1[c-]c2c(c([2H])c1[2H])N(C)C(C)(C)n1c-2nc2cc3c(cc21)C(C)(C)C(C)(C([2H])([2H])[2H])C3(C([2H])([2H])[2H])C([2H])([2H])[2H].[Ir]. The van der Waals surface area contributed by atoms with Crippen LogP contribution in [-0.2, 0) is 36.6 Å². The Morgan fingerprint density at radius 2 is 1.73 bits per heavy atom. The molecular formula is C26H32IrN3-. The van der Waals surface area contributed by atoms with Crippen LogP contribution >= 0.6 is 0 Å². The average Bonchev–Trinajstić information content (AvgIpc) is 3.24. The summed E-state index contributed by atoms with van der Waals surface area (Å²) in [5.74, 6) is 0.327. The molecule has 3 aromatic rings. The first kappa shape index (κ1) is 11.3. The van der Waals surface area contributed by atoms with Gasteiger partial charge < -0.3 is 9.47 Å². The van der Waals surface area contributed by atoms with Gasteiger partial charge in [0.2, 0.25) is 0 Å². The zero-order valence-corrected chi connectivity index (χ0v) is 20.2. The van der Waals surface area contributed by atoms with Crippen molar-refractivity contribution in [3.8, 4) is 11.4 Å². The summed E-state index contributed by atoms with van der Waals surface area (Å²) in [5, 5.41) is 0. The molecule has 5 rings (SSSR count). The van der Waals surface area contributed by atoms with E-state index < -0.39 is 42.5 Å². The summed E-state index contributed by atoms with van der Waals surface area (Å²) < 4.78 is 104. The minimum atomic E-state index is -3.23. The van der Waals surface area contributed by atoms with Gasteiger partial charge in [-0.15, -0.1) is 24.2 Å². The second kappa shape index (κ2) is 5.98. The molecule has 2 heterocycles. The maximum Gasteiger partial charge on any atom is 0.0966 e. The van der Waals surface area contributed by atoms with E-state index in [0.29, 0.717) is 28.2 Å². The van der Waals surface area contributed by atoms with Crippen LogP contribution in [0.3, 0.4) is 0 Å². The second-order valence-electron chi connectivity index (χ2n) is 9.43. The standard InChI is InChI=1S/C26H32N3.Ir/c1-23(2)17-14-19-21(15-18(17)24(3,4)25(23,5)6)29-22(27-19)16-12-10-11-13-20(16)28(9)26(29,7)8;/h10-11,13-15H,1-9H3;/q-1;/i1D3,2D3,5D3,10D,11D,13D;. The Morgan fingerprint density at radius 3 is 2.40 bits per heavy atom. The van der Waals surface area contributed by atoms with Crippen LogP contribution in [0.1, 0.15) is 82.8 Å². The van der Waals surface area contributed by atoms with Gasteiger partial charge in [0.05, 0.1) is 22.5 Å². The molecule has 0 saturated carbocycles. The van der Waals surface area contributed by atoms with Crippen LogP contribution in [0.2, 0.25) is 0 Å². The van der Waals surface area contributed by atoms with Crippen LogP contribution in [0.4, 0.5) is 5.69 Å². The zero-order chi connectivity index (χ0) is 31.3. The van der Waals surface area contributed by atoms with E-state index >= 15 is 0 Å². The van der Waals surface area contributed by atoms with Gasteiger partial charge >= 0.3 is 0 Å². The first-order valence-corrected chi connectivity index (χ1v) is 9.67. The molecule has 2 aromatic carbocycles. The van der Waals surface area contributed by atoms with Gasteiger partial charge in [0.1, 0.15) is 0 Å². The molecule has 161 valence electrons. The molecule has 0 amide bonds. The number of hydrogen-bond acceptors (Lipinski definition) is 2. The van der Waals surface area contributed by atoms with Gasteiger partial charge in [-0.1, -0.05) is 46.9 Å². The number of benzene rings is 2. The van der Waals surface area contributed by atoms with Crippen LogP contribution in [-0.4, -0.2) is 16.6 Å². The molecule has 0 spiro atoms. The zero-order valence-electron chi connectivity index (χ0n) is 29.8. The molecule has 0 bridgehead atoms. The average molecular weight is 591 g/mol. The molecule has 2 aliphatic rings. The molecular weight excluding hydrogens is 547 g/mol. The fourth-order valence-corrected chi connectivity index (χ4v) is 4.82. The van der Waals surface area contributed by atoms with E-state index in [9.17, 15) is 0 Å². The number of anilines is 1. The fourth-order valence-electron chi connectivity index (χ4n) is 4.82. The van der Waals surface area contributed by atoms with Crippen molar-refractivity contribution in [3.63, 3.8) is 0 Å². The predicted octanol–water partition coefficient (Wildman–Crippen LogP) is 6.24. The van der Waals surface area contributed by atoms with Crippen molar-refractivity contribution in [2.45, 2.75) is 71.7 Å². The topological polar surface area (TPSA) is 21.1 Å². The van der Waals surface area contributed by atoms with Crippen molar-refractivity contribution in [1.82, 2.24) is 9.55 Å². The third kappa shape index (κ3) is 2.22. The molecule has 4 heteroatoms. The van der Waals surface area contributed by atoms with E-state index in [4.69, 9.17) is 21.4 Å². The van der Waals surface area contributed by atoms with Crippen molar-refractivity contribution in [2.24, 2.45) is 5.41 Å². The van der Waals surface area contributed by atoms with Gasteiger partial charge in [0, 0.05) is 35.2 Å². The van der Waals surface area contributed by atoms with E-state index in [1.807, 2.05) is 18.4 Å². The van der Waals surface area contributed by atoms with E-state index in [1.54, 1.807) is 31.9 Å². The molecule has 1 unspecified atom stereocenters. The molecule has 0 saturated heterocycles. The predicted molar refractivity (Wildman–Crippen MR) is 122 cm³/mol. The summed E-state index contributed by atoms with van der Waals surface area (Å²) >= 11 is 0. The van der Waals surface area contributed by atoms with Crippen LogP contribution < -0.4 is 4.90 Å². The summed E-state index contributed by atoms with van der Waals surface area (Å²) in [5.41, 5.74) is -5.66. The van der Waals surface area contributed by atoms with Gasteiger partial charge in [0.15, 0.2) is 0 Å². The Bertz CT molecular complexity index is 1620. The summed E-state index contributed by atoms with van der Waals surface area (Å²) in [6.45, 7) is -1.26. The van der Waals surface area contributed by atoms with Crippen molar-refractivity contribution >= 4 is 16.7 Å². The summed E-state index contributed by atoms with van der Waals surface area (Å²) in [6.07, 6.45) is 0. The van der Waals surface area contributed by atoms with Gasteiger partial charge in [-0.2, -0.15) is 0 Å². The normalized spacial score (nSPS) is 31.9. The minimum absolute atomic E-state index is 0. The van der Waals surface area contributed by atoms with Gasteiger partial charge in [0.25, 0.3) is 0 Å². The maximum absolute atomic E-state index is 8.59. The Balaban J connectivity index is 0.00000405. The number of nitrogens with zero attached hydrogens (tertiary/aromatic N) is 3. The smallest absolute Gasteiger partial charge is 0.0966 e. The maximum atomic E-state index is 8.59. The molecule has 3 nitrogen and oxygen atoms in total. The molecule has 1 aliphatic carbocycles. The molecule has 1 aliphatic heterocycles. The second-order valence-corrected chi connectivity index (χ2v) is 9.43. The third-order valence-electron chi connectivity index (χ3n) is 7.47. The number of hydrogen-bond donors (Lipinski definition) is 0. The number of imidazole rings is 1. The van der Waals surface area contributed by atoms with Crippen molar-refractivity contribution in [3.05, 3.63) is 47.5 Å². The third-order valence-corrected chi connectivity index (χ3v) is 7.47. The Kier molecular flexibility index (Phi) is 2.25. The van der Waals surface area contributed by atoms with E-state index in [1.165, 1.54) is 13.0 Å². The van der Waals surface area contributed by atoms with Crippen LogP contribution in [0.15, 0.2) is 30.3 Å². The van der Waals surface area contributed by atoms with E-state index in [0.717, 1.165) is 0 Å². The fraction of sp³-hybridized carbons (Fsp3) is 0.500. The number of aromatic nitrogens is 2. The Labute approximate surface area is 211 Å². The van der Waals surface area contributed by atoms with Gasteiger partial charge in [-0.25, -0.2) is 0 Å². The first-order chi connectivity index (χ1) is 18.3. The number of fused-ring (bicyclic) bond motifs is 6. The summed E-state index contributed by atoms with van der Waals surface area (Å²) in [4.78, 5) is 6.56. The largest absolute Gasteiger partial charge is 0.393 e. The molecule has 1 radical (unpaired) electrons. The number of rotatable bonds is 0. The Morgan fingerprint density at radius 1 is 1.03 bits per heavy atom.